The molecule has 2 rings (SSSR count). The summed E-state index contributed by atoms with van der Waals surface area (Å²) in [5, 5.41) is 19.2. The predicted octanol–water partition coefficient (Wildman–Crippen LogP) is 5.42. The highest BCUT2D eigenvalue weighted by Gasteiger charge is 2.26. The smallest absolute Gasteiger partial charge is 0.335 e. The van der Waals surface area contributed by atoms with Crippen molar-refractivity contribution >= 4 is 5.97 Å². The average Bonchev–Trinajstić information content (AvgIpc) is 2.55. The summed E-state index contributed by atoms with van der Waals surface area (Å²) < 4.78 is 5.92. The van der Waals surface area contributed by atoms with Gasteiger partial charge in [0.05, 0.1) is 5.56 Å². The van der Waals surface area contributed by atoms with E-state index in [0.29, 0.717) is 17.7 Å². The van der Waals surface area contributed by atoms with Crippen molar-refractivity contribution in [3.8, 4) is 11.5 Å². The molecule has 26 heavy (non-hydrogen) atoms. The molecule has 4 nitrogen and oxygen atoms in total. The molecule has 1 aromatic carbocycles. The SMILES string of the molecule is C=C1Cc2cc(C(=O)O)cc(O)c2OC1CC/C=C(/C)CCC=C(C)C. The number of phenols is 1. The Kier molecular flexibility index (Phi) is 6.67. The van der Waals surface area contributed by atoms with Gasteiger partial charge in [0.2, 0.25) is 0 Å². The molecule has 0 spiro atoms. The number of carbonyl (C=O) groups is 1. The lowest BCUT2D eigenvalue weighted by Gasteiger charge is -2.29. The van der Waals surface area contributed by atoms with E-state index in [1.54, 1.807) is 6.07 Å². The van der Waals surface area contributed by atoms with E-state index in [1.165, 1.54) is 17.2 Å². The monoisotopic (exact) mass is 356 g/mol. The number of carboxylic acid groups (broad SMARTS) is 1. The van der Waals surface area contributed by atoms with Crippen molar-refractivity contribution in [3.63, 3.8) is 0 Å². The predicted molar refractivity (Wildman–Crippen MR) is 104 cm³/mol. The van der Waals surface area contributed by atoms with Crippen molar-refractivity contribution < 1.29 is 19.7 Å². The maximum Gasteiger partial charge on any atom is 0.335 e. The summed E-state index contributed by atoms with van der Waals surface area (Å²) in [5.41, 5.74) is 4.35. The third-order valence-electron chi connectivity index (χ3n) is 4.54. The van der Waals surface area contributed by atoms with E-state index in [1.807, 2.05) is 0 Å². The van der Waals surface area contributed by atoms with Crippen LogP contribution in [0.2, 0.25) is 0 Å². The van der Waals surface area contributed by atoms with Crippen molar-refractivity contribution in [2.45, 2.75) is 59.0 Å². The number of allylic oxidation sites excluding steroid dienone is 4. The molecule has 1 aliphatic rings. The van der Waals surface area contributed by atoms with E-state index in [-0.39, 0.29) is 17.4 Å². The Hall–Kier alpha value is -2.49. The van der Waals surface area contributed by atoms with Gasteiger partial charge in [-0.2, -0.15) is 0 Å². The van der Waals surface area contributed by atoms with Crippen LogP contribution in [0.15, 0.2) is 47.6 Å². The summed E-state index contributed by atoms with van der Waals surface area (Å²) in [4.78, 5) is 11.1. The molecule has 1 unspecified atom stereocenters. The average molecular weight is 356 g/mol. The second-order valence-corrected chi connectivity index (χ2v) is 7.18. The molecule has 0 radical (unpaired) electrons. The molecule has 0 aromatic heterocycles. The quantitative estimate of drug-likeness (QED) is 0.640. The molecule has 0 saturated carbocycles. The summed E-state index contributed by atoms with van der Waals surface area (Å²) in [6, 6.07) is 2.78. The highest BCUT2D eigenvalue weighted by atomic mass is 16.5. The van der Waals surface area contributed by atoms with Crippen LogP contribution in [0.5, 0.6) is 11.5 Å². The maximum atomic E-state index is 11.1. The molecule has 4 heteroatoms. The van der Waals surface area contributed by atoms with Crippen molar-refractivity contribution in [1.29, 1.82) is 0 Å². The van der Waals surface area contributed by atoms with Crippen molar-refractivity contribution in [2.24, 2.45) is 0 Å². The molecule has 0 fully saturated rings. The Morgan fingerprint density at radius 1 is 1.27 bits per heavy atom. The highest BCUT2D eigenvalue weighted by molar-refractivity contribution is 5.89. The fourth-order valence-electron chi connectivity index (χ4n) is 3.08. The van der Waals surface area contributed by atoms with Crippen LogP contribution in [-0.4, -0.2) is 22.3 Å². The lowest BCUT2D eigenvalue weighted by molar-refractivity contribution is 0.0696. The van der Waals surface area contributed by atoms with Crippen LogP contribution in [0.1, 0.15) is 62.4 Å². The van der Waals surface area contributed by atoms with Gasteiger partial charge in [0.1, 0.15) is 6.10 Å². The van der Waals surface area contributed by atoms with Crippen molar-refractivity contribution in [2.75, 3.05) is 0 Å². The lowest BCUT2D eigenvalue weighted by atomic mass is 9.93. The van der Waals surface area contributed by atoms with Gasteiger partial charge >= 0.3 is 5.97 Å². The first-order valence-electron chi connectivity index (χ1n) is 9.00. The third-order valence-corrected chi connectivity index (χ3v) is 4.54. The van der Waals surface area contributed by atoms with E-state index < -0.39 is 5.97 Å². The second kappa shape index (κ2) is 8.75. The number of aromatic carboxylic acids is 1. The van der Waals surface area contributed by atoms with Gasteiger partial charge in [0, 0.05) is 12.0 Å². The summed E-state index contributed by atoms with van der Waals surface area (Å²) in [5.74, 6) is -0.799. The van der Waals surface area contributed by atoms with E-state index in [9.17, 15) is 9.90 Å². The molecule has 1 aliphatic heterocycles. The molecule has 1 heterocycles. The number of hydrogen-bond donors (Lipinski definition) is 2. The van der Waals surface area contributed by atoms with Gasteiger partial charge in [-0.3, -0.25) is 0 Å². The molecular formula is C22H28O4. The van der Waals surface area contributed by atoms with Crippen LogP contribution in [0.3, 0.4) is 0 Å². The fraction of sp³-hybridized carbons (Fsp3) is 0.409. The zero-order valence-corrected chi connectivity index (χ0v) is 15.8. The molecule has 140 valence electrons. The number of rotatable bonds is 7. The number of carboxylic acids is 1. The van der Waals surface area contributed by atoms with E-state index in [2.05, 4.69) is 39.5 Å². The first kappa shape index (κ1) is 19.8. The van der Waals surface area contributed by atoms with Gasteiger partial charge in [-0.05, 0) is 64.2 Å². The topological polar surface area (TPSA) is 66.8 Å². The van der Waals surface area contributed by atoms with Crippen LogP contribution in [0, 0.1) is 0 Å². The van der Waals surface area contributed by atoms with E-state index in [0.717, 1.165) is 31.3 Å². The van der Waals surface area contributed by atoms with Crippen LogP contribution >= 0.6 is 0 Å². The molecule has 0 aliphatic carbocycles. The Bertz CT molecular complexity index is 752. The van der Waals surface area contributed by atoms with Crippen LogP contribution in [-0.2, 0) is 6.42 Å². The first-order chi connectivity index (χ1) is 12.3. The molecule has 0 saturated heterocycles. The fourth-order valence-corrected chi connectivity index (χ4v) is 3.08. The molecule has 0 bridgehead atoms. The molecule has 1 atom stereocenters. The minimum absolute atomic E-state index is 0.0611. The van der Waals surface area contributed by atoms with Gasteiger partial charge in [-0.15, -0.1) is 0 Å². The van der Waals surface area contributed by atoms with Gasteiger partial charge < -0.3 is 14.9 Å². The van der Waals surface area contributed by atoms with Crippen molar-refractivity contribution in [1.82, 2.24) is 0 Å². The zero-order chi connectivity index (χ0) is 19.3. The zero-order valence-electron chi connectivity index (χ0n) is 15.8. The normalized spacial score (nSPS) is 16.7. The highest BCUT2D eigenvalue weighted by Crippen LogP contribution is 2.39. The van der Waals surface area contributed by atoms with Gasteiger partial charge in [0.15, 0.2) is 11.5 Å². The summed E-state index contributed by atoms with van der Waals surface area (Å²) in [6.45, 7) is 10.4. The minimum Gasteiger partial charge on any atom is -0.504 e. The Morgan fingerprint density at radius 2 is 2.00 bits per heavy atom. The number of phenolic OH excluding ortho intramolecular Hbond substituents is 1. The largest absolute Gasteiger partial charge is 0.504 e. The standard InChI is InChI=1S/C22H28O4/c1-14(2)7-5-8-15(3)9-6-10-20-16(4)11-17-12-18(22(24)25)13-19(23)21(17)26-20/h7,9,12-13,20,23H,4-6,8,10-11H2,1-3H3,(H,24,25)/b15-9-. The molecule has 1 aromatic rings. The van der Waals surface area contributed by atoms with Gasteiger partial charge in [-0.25, -0.2) is 4.79 Å². The Morgan fingerprint density at radius 3 is 2.65 bits per heavy atom. The Balaban J connectivity index is 1.98. The number of hydrogen-bond acceptors (Lipinski definition) is 3. The number of fused-ring (bicyclic) bond motifs is 1. The maximum absolute atomic E-state index is 11.1. The summed E-state index contributed by atoms with van der Waals surface area (Å²) >= 11 is 0. The van der Waals surface area contributed by atoms with E-state index >= 15 is 0 Å². The second-order valence-electron chi connectivity index (χ2n) is 7.18. The summed E-state index contributed by atoms with van der Waals surface area (Å²) in [6.07, 6.45) is 8.63. The van der Waals surface area contributed by atoms with Crippen LogP contribution < -0.4 is 4.74 Å². The first-order valence-corrected chi connectivity index (χ1v) is 9.00. The number of aromatic hydroxyl groups is 1. The van der Waals surface area contributed by atoms with Gasteiger partial charge in [0.25, 0.3) is 0 Å². The minimum atomic E-state index is -1.07. The summed E-state index contributed by atoms with van der Waals surface area (Å²) in [7, 11) is 0. The van der Waals surface area contributed by atoms with Crippen LogP contribution in [0.25, 0.3) is 0 Å². The molecular weight excluding hydrogens is 328 g/mol. The van der Waals surface area contributed by atoms with Crippen molar-refractivity contribution in [3.05, 3.63) is 58.7 Å². The molecule has 2 N–H and O–H groups in total. The Labute approximate surface area is 155 Å². The molecule has 0 amide bonds. The van der Waals surface area contributed by atoms with Crippen LogP contribution in [0.4, 0.5) is 0 Å². The number of ether oxygens (including phenoxy) is 1. The number of benzene rings is 1. The van der Waals surface area contributed by atoms with E-state index in [4.69, 9.17) is 9.84 Å². The lowest BCUT2D eigenvalue weighted by Crippen LogP contribution is -2.25. The third kappa shape index (κ3) is 5.25. The van der Waals surface area contributed by atoms with Gasteiger partial charge in [-0.1, -0.05) is 29.9 Å².